The smallest absolute Gasteiger partial charge is 0.232 e. The average Bonchev–Trinajstić information content (AvgIpc) is 3.28. The molecule has 0 spiro atoms. The summed E-state index contributed by atoms with van der Waals surface area (Å²) < 4.78 is 0. The number of hydrogen-bond acceptors (Lipinski definition) is 3. The van der Waals surface area contributed by atoms with Crippen LogP contribution in [0.5, 0.6) is 0 Å². The highest BCUT2D eigenvalue weighted by atomic mass is 16.1. The van der Waals surface area contributed by atoms with Gasteiger partial charge in [-0.25, -0.2) is 0 Å². The van der Waals surface area contributed by atoms with Crippen LogP contribution in [0.1, 0.15) is 48.2 Å². The van der Waals surface area contributed by atoms with Crippen LogP contribution in [0.3, 0.4) is 0 Å². The first kappa shape index (κ1) is 22.2. The van der Waals surface area contributed by atoms with E-state index in [1.54, 1.807) is 0 Å². The molecule has 32 heavy (non-hydrogen) atoms. The van der Waals surface area contributed by atoms with Crippen LogP contribution in [0.25, 0.3) is 0 Å². The summed E-state index contributed by atoms with van der Waals surface area (Å²) in [6.07, 6.45) is 5.00. The number of aryl methyl sites for hydroxylation is 2. The number of rotatable bonds is 9. The largest absolute Gasteiger partial charge is 0.369 e. The van der Waals surface area contributed by atoms with E-state index in [1.807, 2.05) is 73.7 Å². The molecule has 2 unspecified atom stereocenters. The van der Waals surface area contributed by atoms with Crippen molar-refractivity contribution in [2.24, 2.45) is 11.7 Å². The minimum Gasteiger partial charge on any atom is -0.369 e. The molecule has 1 aliphatic carbocycles. The third-order valence-corrected chi connectivity index (χ3v) is 6.88. The molecule has 1 aliphatic rings. The Morgan fingerprint density at radius 2 is 1.62 bits per heavy atom. The number of benzene rings is 2. The van der Waals surface area contributed by atoms with Crippen molar-refractivity contribution in [3.8, 4) is 0 Å². The first-order valence-electron chi connectivity index (χ1n) is 11.7. The first-order chi connectivity index (χ1) is 15.6. The lowest BCUT2D eigenvalue weighted by atomic mass is 9.64. The van der Waals surface area contributed by atoms with Gasteiger partial charge in [-0.2, -0.15) is 0 Å². The molecule has 0 aliphatic heterocycles. The maximum absolute atomic E-state index is 13.2. The van der Waals surface area contributed by atoms with Crippen molar-refractivity contribution in [2.45, 2.75) is 50.5 Å². The molecule has 1 heterocycles. The lowest BCUT2D eigenvalue weighted by Gasteiger charge is -2.37. The number of nitrogens with two attached hydrogens (primary N) is 1. The number of carbonyl (C=O) groups is 1. The minimum atomic E-state index is -0.801. The molecule has 1 amide bonds. The van der Waals surface area contributed by atoms with Crippen LogP contribution in [0.2, 0.25) is 0 Å². The van der Waals surface area contributed by atoms with Gasteiger partial charge in [-0.05, 0) is 74.8 Å². The van der Waals surface area contributed by atoms with Crippen molar-refractivity contribution >= 4 is 5.91 Å². The summed E-state index contributed by atoms with van der Waals surface area (Å²) in [5, 5.41) is 3.73. The first-order valence-corrected chi connectivity index (χ1v) is 11.7. The van der Waals surface area contributed by atoms with Crippen LogP contribution in [-0.2, 0) is 16.6 Å². The number of carbonyl (C=O) groups excluding carboxylic acids is 1. The third kappa shape index (κ3) is 4.61. The number of pyridine rings is 1. The molecule has 1 aromatic heterocycles. The summed E-state index contributed by atoms with van der Waals surface area (Å²) in [5.74, 6) is -0.0909. The molecule has 0 radical (unpaired) electrons. The number of nitrogens with one attached hydrogen (secondary N) is 1. The van der Waals surface area contributed by atoms with E-state index in [4.69, 9.17) is 5.73 Å². The fraction of sp³-hybridized carbons (Fsp3) is 0.357. The molecule has 2 aromatic carbocycles. The molecule has 0 saturated heterocycles. The quantitative estimate of drug-likeness (QED) is 0.492. The van der Waals surface area contributed by atoms with Crippen molar-refractivity contribution in [3.63, 3.8) is 0 Å². The SMILES string of the molecule is Cc1cccc(CCCNC2CCC(C(C(N)=O)(c3ccccc3)c3ccccc3)C2)n1. The lowest BCUT2D eigenvalue weighted by molar-refractivity contribution is -0.123. The second-order valence-electron chi connectivity index (χ2n) is 8.94. The Labute approximate surface area is 191 Å². The molecule has 0 bridgehead atoms. The van der Waals surface area contributed by atoms with Gasteiger partial charge in [0.25, 0.3) is 0 Å². The fourth-order valence-electron chi connectivity index (χ4n) is 5.40. The Bertz CT molecular complexity index is 980. The van der Waals surface area contributed by atoms with Crippen molar-refractivity contribution < 1.29 is 4.79 Å². The Kier molecular flexibility index (Phi) is 7.01. The van der Waals surface area contributed by atoms with E-state index in [0.29, 0.717) is 6.04 Å². The zero-order valence-electron chi connectivity index (χ0n) is 18.8. The van der Waals surface area contributed by atoms with E-state index in [1.165, 1.54) is 0 Å². The van der Waals surface area contributed by atoms with E-state index < -0.39 is 5.41 Å². The Balaban J connectivity index is 1.47. The molecule has 3 N–H and O–H groups in total. The summed E-state index contributed by atoms with van der Waals surface area (Å²) in [6.45, 7) is 2.98. The van der Waals surface area contributed by atoms with Gasteiger partial charge in [0.2, 0.25) is 5.91 Å². The van der Waals surface area contributed by atoms with Crippen LogP contribution in [0.15, 0.2) is 78.9 Å². The molecule has 3 aromatic rings. The highest BCUT2D eigenvalue weighted by Crippen LogP contribution is 2.46. The summed E-state index contributed by atoms with van der Waals surface area (Å²) in [6, 6.07) is 26.8. The predicted octanol–water partition coefficient (Wildman–Crippen LogP) is 4.55. The van der Waals surface area contributed by atoms with E-state index in [0.717, 1.165) is 61.2 Å². The lowest BCUT2D eigenvalue weighted by Crippen LogP contribution is -2.48. The second kappa shape index (κ2) is 10.1. The van der Waals surface area contributed by atoms with Crippen LogP contribution in [-0.4, -0.2) is 23.5 Å². The fourth-order valence-corrected chi connectivity index (χ4v) is 5.40. The van der Waals surface area contributed by atoms with E-state index in [-0.39, 0.29) is 11.8 Å². The molecule has 1 saturated carbocycles. The minimum absolute atomic E-state index is 0.167. The average molecular weight is 428 g/mol. The van der Waals surface area contributed by atoms with Crippen molar-refractivity contribution in [1.82, 2.24) is 10.3 Å². The number of nitrogens with zero attached hydrogens (tertiary/aromatic N) is 1. The van der Waals surface area contributed by atoms with Crippen molar-refractivity contribution in [2.75, 3.05) is 6.54 Å². The van der Waals surface area contributed by atoms with E-state index in [2.05, 4.69) is 22.4 Å². The molecule has 4 rings (SSSR count). The van der Waals surface area contributed by atoms with Crippen molar-refractivity contribution in [3.05, 3.63) is 101 Å². The second-order valence-corrected chi connectivity index (χ2v) is 8.94. The Morgan fingerprint density at radius 3 is 2.22 bits per heavy atom. The summed E-state index contributed by atoms with van der Waals surface area (Å²) in [5.41, 5.74) is 9.60. The van der Waals surface area contributed by atoms with Gasteiger partial charge in [0, 0.05) is 17.4 Å². The third-order valence-electron chi connectivity index (χ3n) is 6.88. The van der Waals surface area contributed by atoms with Crippen molar-refractivity contribution in [1.29, 1.82) is 0 Å². The molecule has 4 nitrogen and oxygen atoms in total. The van der Waals surface area contributed by atoms with E-state index in [9.17, 15) is 4.79 Å². The summed E-state index contributed by atoms with van der Waals surface area (Å²) >= 11 is 0. The maximum atomic E-state index is 13.2. The van der Waals surface area contributed by atoms with Gasteiger partial charge in [0.05, 0.1) is 0 Å². The Morgan fingerprint density at radius 1 is 0.969 bits per heavy atom. The molecular weight excluding hydrogens is 394 g/mol. The highest BCUT2D eigenvalue weighted by molar-refractivity contribution is 5.91. The number of aromatic nitrogens is 1. The van der Waals surface area contributed by atoms with Gasteiger partial charge in [-0.1, -0.05) is 66.7 Å². The normalized spacial score (nSPS) is 18.5. The van der Waals surface area contributed by atoms with Gasteiger partial charge >= 0.3 is 0 Å². The highest BCUT2D eigenvalue weighted by Gasteiger charge is 2.49. The number of primary amides is 1. The van der Waals surface area contributed by atoms with Gasteiger partial charge in [-0.15, -0.1) is 0 Å². The van der Waals surface area contributed by atoms with Crippen LogP contribution < -0.4 is 11.1 Å². The zero-order valence-corrected chi connectivity index (χ0v) is 18.8. The molecule has 4 heteroatoms. The zero-order chi connectivity index (χ0) is 22.4. The number of amides is 1. The monoisotopic (exact) mass is 427 g/mol. The van der Waals surface area contributed by atoms with Crippen LogP contribution in [0, 0.1) is 12.8 Å². The molecule has 2 atom stereocenters. The Hall–Kier alpha value is -2.98. The standard InChI is InChI=1S/C28H33N3O/c1-21-10-8-15-25(31-21)16-9-19-30-26-18-17-24(20-26)28(27(29)32,22-11-4-2-5-12-22)23-13-6-3-7-14-23/h2-8,10-15,24,26,30H,9,16-20H2,1H3,(H2,29,32). The molecule has 166 valence electrons. The van der Waals surface area contributed by atoms with Gasteiger partial charge in [0.1, 0.15) is 5.41 Å². The van der Waals surface area contributed by atoms with Gasteiger partial charge in [-0.3, -0.25) is 9.78 Å². The number of hydrogen-bond donors (Lipinski definition) is 2. The summed E-state index contributed by atoms with van der Waals surface area (Å²) in [7, 11) is 0. The summed E-state index contributed by atoms with van der Waals surface area (Å²) in [4.78, 5) is 17.7. The maximum Gasteiger partial charge on any atom is 0.232 e. The molecular formula is C28H33N3O. The van der Waals surface area contributed by atoms with Gasteiger partial charge in [0.15, 0.2) is 0 Å². The van der Waals surface area contributed by atoms with Gasteiger partial charge < -0.3 is 11.1 Å². The van der Waals surface area contributed by atoms with Crippen LogP contribution in [0.4, 0.5) is 0 Å². The van der Waals surface area contributed by atoms with E-state index >= 15 is 0 Å². The topological polar surface area (TPSA) is 68.0 Å². The van der Waals surface area contributed by atoms with Crippen LogP contribution >= 0.6 is 0 Å². The predicted molar refractivity (Wildman–Crippen MR) is 129 cm³/mol. The molecule has 1 fully saturated rings.